The van der Waals surface area contributed by atoms with Gasteiger partial charge in [-0.05, 0) is 43.7 Å². The third kappa shape index (κ3) is 4.50. The van der Waals surface area contributed by atoms with Crippen LogP contribution in [-0.4, -0.2) is 17.1 Å². The average Bonchev–Trinajstić information content (AvgIpc) is 2.41. The Kier molecular flexibility index (Phi) is 5.20. The molecule has 19 heavy (non-hydrogen) atoms. The van der Waals surface area contributed by atoms with Crippen molar-refractivity contribution in [1.82, 2.24) is 4.98 Å². The molecule has 1 saturated carbocycles. The van der Waals surface area contributed by atoms with E-state index in [1.54, 1.807) is 0 Å². The molecule has 3 heteroatoms. The molecule has 0 aromatic carbocycles. The van der Waals surface area contributed by atoms with Crippen LogP contribution < -0.4 is 10.5 Å². The first-order valence-electron chi connectivity index (χ1n) is 7.54. The Morgan fingerprint density at radius 1 is 1.42 bits per heavy atom. The van der Waals surface area contributed by atoms with E-state index in [4.69, 9.17) is 10.5 Å². The number of aromatic nitrogens is 1. The molecule has 1 aliphatic carbocycles. The first kappa shape index (κ1) is 14.3. The van der Waals surface area contributed by atoms with Crippen LogP contribution in [0, 0.1) is 5.92 Å². The first-order chi connectivity index (χ1) is 9.17. The summed E-state index contributed by atoms with van der Waals surface area (Å²) in [5.74, 6) is 1.68. The Bertz CT molecular complexity index is 377. The van der Waals surface area contributed by atoms with Crippen molar-refractivity contribution < 1.29 is 4.74 Å². The fourth-order valence-electron chi connectivity index (χ4n) is 2.69. The van der Waals surface area contributed by atoms with Gasteiger partial charge in [0.1, 0.15) is 5.75 Å². The van der Waals surface area contributed by atoms with Gasteiger partial charge < -0.3 is 10.5 Å². The van der Waals surface area contributed by atoms with E-state index in [1.807, 2.05) is 18.3 Å². The number of nitrogens with zero attached hydrogens (tertiary/aromatic N) is 1. The third-order valence-corrected chi connectivity index (χ3v) is 3.98. The quantitative estimate of drug-likeness (QED) is 0.885. The molecule has 3 unspecified atom stereocenters. The van der Waals surface area contributed by atoms with E-state index in [0.29, 0.717) is 6.10 Å². The minimum absolute atomic E-state index is 0.207. The predicted octanol–water partition coefficient (Wildman–Crippen LogP) is 3.32. The molecule has 1 aromatic heterocycles. The van der Waals surface area contributed by atoms with Crippen molar-refractivity contribution >= 4 is 0 Å². The molecule has 2 rings (SSSR count). The molecule has 1 aliphatic rings. The summed E-state index contributed by atoms with van der Waals surface area (Å²) >= 11 is 0. The molecule has 0 saturated heterocycles. The van der Waals surface area contributed by atoms with Crippen LogP contribution in [0.2, 0.25) is 0 Å². The highest BCUT2D eigenvalue weighted by Crippen LogP contribution is 2.27. The lowest BCUT2D eigenvalue weighted by molar-refractivity contribution is 0.128. The smallest absolute Gasteiger partial charge is 0.138 e. The molecule has 1 fully saturated rings. The van der Waals surface area contributed by atoms with E-state index in [1.165, 1.54) is 25.7 Å². The standard InChI is InChI=1S/C16H26N2O/c1-3-13(17)10-14-7-8-16(11-18-14)19-15-6-4-5-12(2)9-15/h7-8,11-13,15H,3-6,9-10,17H2,1-2H3. The third-order valence-electron chi connectivity index (χ3n) is 3.98. The summed E-state index contributed by atoms with van der Waals surface area (Å²) in [4.78, 5) is 4.45. The van der Waals surface area contributed by atoms with Crippen LogP contribution in [0.5, 0.6) is 5.75 Å². The maximum atomic E-state index is 6.02. The Balaban J connectivity index is 1.87. The summed E-state index contributed by atoms with van der Waals surface area (Å²) in [6, 6.07) is 4.28. The summed E-state index contributed by atoms with van der Waals surface area (Å²) in [7, 11) is 0. The second-order valence-electron chi connectivity index (χ2n) is 5.87. The molecule has 1 aromatic rings. The lowest BCUT2D eigenvalue weighted by Gasteiger charge is -2.27. The topological polar surface area (TPSA) is 48.1 Å². The van der Waals surface area contributed by atoms with E-state index in [0.717, 1.165) is 30.2 Å². The molecule has 0 spiro atoms. The van der Waals surface area contributed by atoms with E-state index in [9.17, 15) is 0 Å². The molecule has 0 aliphatic heterocycles. The number of rotatable bonds is 5. The first-order valence-corrected chi connectivity index (χ1v) is 7.54. The molecule has 106 valence electrons. The molecule has 0 amide bonds. The van der Waals surface area contributed by atoms with Gasteiger partial charge in [0.15, 0.2) is 0 Å². The van der Waals surface area contributed by atoms with Crippen molar-refractivity contribution in [1.29, 1.82) is 0 Å². The van der Waals surface area contributed by atoms with Gasteiger partial charge in [-0.2, -0.15) is 0 Å². The van der Waals surface area contributed by atoms with Crippen LogP contribution in [0.15, 0.2) is 18.3 Å². The second-order valence-corrected chi connectivity index (χ2v) is 5.87. The van der Waals surface area contributed by atoms with Gasteiger partial charge in [0.05, 0.1) is 12.3 Å². The van der Waals surface area contributed by atoms with E-state index < -0.39 is 0 Å². The second kappa shape index (κ2) is 6.90. The van der Waals surface area contributed by atoms with Crippen molar-refractivity contribution in [2.75, 3.05) is 0 Å². The van der Waals surface area contributed by atoms with Gasteiger partial charge in [-0.25, -0.2) is 0 Å². The molecular formula is C16H26N2O. The van der Waals surface area contributed by atoms with Crippen LogP contribution in [0.4, 0.5) is 0 Å². The van der Waals surface area contributed by atoms with Gasteiger partial charge in [0, 0.05) is 18.2 Å². The minimum Gasteiger partial charge on any atom is -0.489 e. The van der Waals surface area contributed by atoms with Gasteiger partial charge in [-0.3, -0.25) is 4.98 Å². The van der Waals surface area contributed by atoms with Gasteiger partial charge >= 0.3 is 0 Å². The zero-order valence-electron chi connectivity index (χ0n) is 12.1. The Morgan fingerprint density at radius 3 is 2.89 bits per heavy atom. The average molecular weight is 262 g/mol. The number of hydrogen-bond acceptors (Lipinski definition) is 3. The molecule has 3 nitrogen and oxygen atoms in total. The summed E-state index contributed by atoms with van der Waals surface area (Å²) in [6.07, 6.45) is 9.01. The molecule has 3 atom stereocenters. The van der Waals surface area contributed by atoms with Crippen molar-refractivity contribution in [2.24, 2.45) is 11.7 Å². The van der Waals surface area contributed by atoms with Gasteiger partial charge in [-0.15, -0.1) is 0 Å². The summed E-state index contributed by atoms with van der Waals surface area (Å²) < 4.78 is 6.02. The fraction of sp³-hybridized carbons (Fsp3) is 0.688. The number of hydrogen-bond donors (Lipinski definition) is 1. The Labute approximate surface area is 116 Å². The zero-order valence-corrected chi connectivity index (χ0v) is 12.1. The van der Waals surface area contributed by atoms with Crippen LogP contribution in [-0.2, 0) is 6.42 Å². The number of nitrogens with two attached hydrogens (primary N) is 1. The lowest BCUT2D eigenvalue weighted by Crippen LogP contribution is -2.24. The maximum Gasteiger partial charge on any atom is 0.138 e. The SMILES string of the molecule is CCC(N)Cc1ccc(OC2CCCC(C)C2)cn1. The van der Waals surface area contributed by atoms with Crippen molar-refractivity contribution in [3.63, 3.8) is 0 Å². The van der Waals surface area contributed by atoms with Gasteiger partial charge in [0.25, 0.3) is 0 Å². The molecule has 0 bridgehead atoms. The van der Waals surface area contributed by atoms with E-state index in [2.05, 4.69) is 18.8 Å². The highest BCUT2D eigenvalue weighted by atomic mass is 16.5. The largest absolute Gasteiger partial charge is 0.489 e. The van der Waals surface area contributed by atoms with Crippen LogP contribution >= 0.6 is 0 Å². The lowest BCUT2D eigenvalue weighted by atomic mass is 9.89. The highest BCUT2D eigenvalue weighted by molar-refractivity contribution is 5.20. The molecule has 1 heterocycles. The van der Waals surface area contributed by atoms with Crippen molar-refractivity contribution in [3.8, 4) is 5.75 Å². The van der Waals surface area contributed by atoms with Crippen LogP contribution in [0.3, 0.4) is 0 Å². The maximum absolute atomic E-state index is 6.02. The summed E-state index contributed by atoms with van der Waals surface area (Å²) in [5, 5.41) is 0. The van der Waals surface area contributed by atoms with Crippen LogP contribution in [0.25, 0.3) is 0 Å². The van der Waals surface area contributed by atoms with Crippen LogP contribution in [0.1, 0.15) is 51.6 Å². The van der Waals surface area contributed by atoms with Crippen molar-refractivity contribution in [2.45, 2.75) is 64.5 Å². The highest BCUT2D eigenvalue weighted by Gasteiger charge is 2.20. The zero-order chi connectivity index (χ0) is 13.7. The molecular weight excluding hydrogens is 236 g/mol. The number of pyridine rings is 1. The van der Waals surface area contributed by atoms with Gasteiger partial charge in [-0.1, -0.05) is 20.3 Å². The van der Waals surface area contributed by atoms with E-state index >= 15 is 0 Å². The summed E-state index contributed by atoms with van der Waals surface area (Å²) in [6.45, 7) is 4.41. The monoisotopic (exact) mass is 262 g/mol. The minimum atomic E-state index is 0.207. The molecule has 2 N–H and O–H groups in total. The molecule has 0 radical (unpaired) electrons. The van der Waals surface area contributed by atoms with E-state index in [-0.39, 0.29) is 6.04 Å². The summed E-state index contributed by atoms with van der Waals surface area (Å²) in [5.41, 5.74) is 6.99. The number of ether oxygens (including phenoxy) is 1. The fourth-order valence-corrected chi connectivity index (χ4v) is 2.69. The Hall–Kier alpha value is -1.09. The van der Waals surface area contributed by atoms with Crippen molar-refractivity contribution in [3.05, 3.63) is 24.0 Å². The Morgan fingerprint density at radius 2 is 2.26 bits per heavy atom. The predicted molar refractivity (Wildman–Crippen MR) is 78.3 cm³/mol. The van der Waals surface area contributed by atoms with Gasteiger partial charge in [0.2, 0.25) is 0 Å². The normalized spacial score (nSPS) is 25.0.